The Morgan fingerprint density at radius 2 is 2.19 bits per heavy atom. The number of ether oxygens (including phenoxy) is 2. The lowest BCUT2D eigenvalue weighted by Gasteiger charge is -2.37. The van der Waals surface area contributed by atoms with Crippen LogP contribution in [0, 0.1) is 5.41 Å². The van der Waals surface area contributed by atoms with Gasteiger partial charge in [-0.15, -0.1) is 11.3 Å². The monoisotopic (exact) mass is 376 g/mol. The van der Waals surface area contributed by atoms with E-state index in [1.54, 1.807) is 20.3 Å². The third-order valence-electron chi connectivity index (χ3n) is 3.84. The van der Waals surface area contributed by atoms with Crippen molar-refractivity contribution in [1.29, 1.82) is 0 Å². The molecule has 1 amide bonds. The normalized spacial score (nSPS) is 17.5. The quantitative estimate of drug-likeness (QED) is 0.799. The molecule has 5 nitrogen and oxygen atoms in total. The molecule has 0 unspecified atom stereocenters. The smallest absolute Gasteiger partial charge is 0.261 e. The molecule has 0 aromatic carbocycles. The fourth-order valence-electron chi connectivity index (χ4n) is 2.59. The molecule has 1 aliphatic heterocycles. The number of thiophene rings is 1. The Balaban J connectivity index is 1.97. The average molecular weight is 377 g/mol. The summed E-state index contributed by atoms with van der Waals surface area (Å²) in [5.41, 5.74) is 0.0360. The molecule has 2 rings (SSSR count). The number of hydrogen-bond donors (Lipinski definition) is 2. The minimum atomic E-state index is -0.0574. The van der Waals surface area contributed by atoms with Crippen LogP contribution < -0.4 is 15.4 Å². The second-order valence-corrected chi connectivity index (χ2v) is 7.69. The van der Waals surface area contributed by atoms with E-state index in [0.29, 0.717) is 23.8 Å². The van der Waals surface area contributed by atoms with Crippen molar-refractivity contribution in [1.82, 2.24) is 10.6 Å². The summed E-state index contributed by atoms with van der Waals surface area (Å²) in [6.07, 6.45) is 2.02. The van der Waals surface area contributed by atoms with Gasteiger partial charge in [0.25, 0.3) is 5.91 Å². The van der Waals surface area contributed by atoms with Gasteiger partial charge in [-0.3, -0.25) is 4.79 Å². The summed E-state index contributed by atoms with van der Waals surface area (Å²) in [5, 5.41) is 6.39. The van der Waals surface area contributed by atoms with Gasteiger partial charge in [-0.1, -0.05) is 0 Å². The third kappa shape index (κ3) is 4.18. The fraction of sp³-hybridized carbons (Fsp3) is 0.643. The molecular formula is C14H21BrN2O3S. The van der Waals surface area contributed by atoms with Gasteiger partial charge in [0, 0.05) is 25.1 Å². The lowest BCUT2D eigenvalue weighted by Crippen LogP contribution is -2.47. The third-order valence-corrected chi connectivity index (χ3v) is 5.62. The van der Waals surface area contributed by atoms with Gasteiger partial charge in [0.05, 0.1) is 18.6 Å². The van der Waals surface area contributed by atoms with E-state index in [1.165, 1.54) is 11.3 Å². The van der Waals surface area contributed by atoms with Crippen molar-refractivity contribution in [3.63, 3.8) is 0 Å². The van der Waals surface area contributed by atoms with Crippen LogP contribution in [0.15, 0.2) is 9.85 Å². The average Bonchev–Trinajstić information content (AvgIpc) is 2.87. The van der Waals surface area contributed by atoms with Crippen LogP contribution in [-0.2, 0) is 4.74 Å². The first-order valence-corrected chi connectivity index (χ1v) is 8.52. The molecule has 7 heteroatoms. The summed E-state index contributed by atoms with van der Waals surface area (Å²) in [6.45, 7) is 3.25. The Labute approximate surface area is 137 Å². The molecule has 1 saturated heterocycles. The van der Waals surface area contributed by atoms with Gasteiger partial charge in [-0.05, 0) is 41.9 Å². The zero-order valence-electron chi connectivity index (χ0n) is 12.3. The maximum Gasteiger partial charge on any atom is 0.261 e. The van der Waals surface area contributed by atoms with Crippen LogP contribution in [0.25, 0.3) is 0 Å². The molecule has 0 aliphatic carbocycles. The van der Waals surface area contributed by atoms with Crippen LogP contribution >= 0.6 is 27.3 Å². The van der Waals surface area contributed by atoms with Crippen LogP contribution in [0.3, 0.4) is 0 Å². The minimum Gasteiger partial charge on any atom is -0.495 e. The molecule has 0 radical (unpaired) electrons. The van der Waals surface area contributed by atoms with Crippen LogP contribution in [0.4, 0.5) is 0 Å². The van der Waals surface area contributed by atoms with E-state index in [0.717, 1.165) is 29.7 Å². The van der Waals surface area contributed by atoms with E-state index < -0.39 is 0 Å². The van der Waals surface area contributed by atoms with Gasteiger partial charge in [0.2, 0.25) is 0 Å². The van der Waals surface area contributed by atoms with Crippen molar-refractivity contribution in [2.45, 2.75) is 12.8 Å². The Kier molecular flexibility index (Phi) is 6.04. The van der Waals surface area contributed by atoms with Crippen LogP contribution in [-0.4, -0.2) is 46.4 Å². The van der Waals surface area contributed by atoms with Gasteiger partial charge in [0.1, 0.15) is 9.54 Å². The molecule has 0 bridgehead atoms. The first-order chi connectivity index (χ1) is 10.1. The Bertz CT molecular complexity index is 481. The molecule has 2 N–H and O–H groups in total. The lowest BCUT2D eigenvalue weighted by molar-refractivity contribution is 0.0512. The number of hydrogen-bond acceptors (Lipinski definition) is 5. The zero-order valence-corrected chi connectivity index (χ0v) is 14.7. The van der Waals surface area contributed by atoms with Crippen LogP contribution in [0.5, 0.6) is 5.75 Å². The van der Waals surface area contributed by atoms with E-state index in [4.69, 9.17) is 9.47 Å². The van der Waals surface area contributed by atoms with Crippen molar-refractivity contribution in [3.05, 3.63) is 14.7 Å². The summed E-state index contributed by atoms with van der Waals surface area (Å²) in [4.78, 5) is 12.9. The van der Waals surface area contributed by atoms with Crippen molar-refractivity contribution in [2.24, 2.45) is 5.41 Å². The molecule has 21 heavy (non-hydrogen) atoms. The molecular weight excluding hydrogens is 356 g/mol. The standard InChI is InChI=1S/C14H21BrN2O3S/c1-19-9-14(3-5-16-6-4-14)8-17-13(18)11-7-10(20-2)12(15)21-11/h7,16H,3-6,8-9H2,1-2H3,(H,17,18). The predicted octanol–water partition coefficient (Wildman–Crippen LogP) is 2.27. The van der Waals surface area contributed by atoms with Crippen molar-refractivity contribution in [2.75, 3.05) is 40.5 Å². The number of halogens is 1. The first-order valence-electron chi connectivity index (χ1n) is 6.91. The number of carbonyl (C=O) groups excluding carboxylic acids is 1. The maximum absolute atomic E-state index is 12.3. The molecule has 1 fully saturated rings. The summed E-state index contributed by atoms with van der Waals surface area (Å²) in [6, 6.07) is 1.76. The number of methoxy groups -OCH3 is 2. The van der Waals surface area contributed by atoms with Crippen molar-refractivity contribution < 1.29 is 14.3 Å². The Hall–Kier alpha value is -0.630. The summed E-state index contributed by atoms with van der Waals surface area (Å²) in [5.74, 6) is 0.636. The molecule has 0 spiro atoms. The molecule has 0 saturated carbocycles. The molecule has 1 aromatic heterocycles. The minimum absolute atomic E-state index is 0.0360. The highest BCUT2D eigenvalue weighted by Gasteiger charge is 2.32. The Morgan fingerprint density at radius 3 is 2.76 bits per heavy atom. The number of carbonyl (C=O) groups is 1. The number of nitrogens with one attached hydrogen (secondary N) is 2. The summed E-state index contributed by atoms with van der Waals surface area (Å²) >= 11 is 4.78. The Morgan fingerprint density at radius 1 is 1.48 bits per heavy atom. The molecule has 1 aliphatic rings. The van der Waals surface area contributed by atoms with Gasteiger partial charge < -0.3 is 20.1 Å². The fourth-order valence-corrected chi connectivity index (χ4v) is 4.16. The maximum atomic E-state index is 12.3. The highest BCUT2D eigenvalue weighted by atomic mass is 79.9. The largest absolute Gasteiger partial charge is 0.495 e. The van der Waals surface area contributed by atoms with Gasteiger partial charge in [0.15, 0.2) is 0 Å². The molecule has 1 aromatic rings. The topological polar surface area (TPSA) is 59.6 Å². The van der Waals surface area contributed by atoms with Crippen LogP contribution in [0.1, 0.15) is 22.5 Å². The van der Waals surface area contributed by atoms with Gasteiger partial charge in [-0.2, -0.15) is 0 Å². The second-order valence-electron chi connectivity index (χ2n) is 5.32. The lowest BCUT2D eigenvalue weighted by atomic mass is 9.79. The number of amides is 1. The van der Waals surface area contributed by atoms with E-state index >= 15 is 0 Å². The molecule has 118 valence electrons. The van der Waals surface area contributed by atoms with Crippen molar-refractivity contribution in [3.8, 4) is 5.75 Å². The highest BCUT2D eigenvalue weighted by molar-refractivity contribution is 9.11. The van der Waals surface area contributed by atoms with Gasteiger partial charge >= 0.3 is 0 Å². The predicted molar refractivity (Wildman–Crippen MR) is 87.3 cm³/mol. The van der Waals surface area contributed by atoms with Gasteiger partial charge in [-0.25, -0.2) is 0 Å². The molecule has 0 atom stereocenters. The zero-order chi connectivity index (χ0) is 15.3. The van der Waals surface area contributed by atoms with E-state index in [2.05, 4.69) is 26.6 Å². The summed E-state index contributed by atoms with van der Waals surface area (Å²) in [7, 11) is 3.31. The second kappa shape index (κ2) is 7.58. The summed E-state index contributed by atoms with van der Waals surface area (Å²) < 4.78 is 11.4. The molecule has 2 heterocycles. The highest BCUT2D eigenvalue weighted by Crippen LogP contribution is 2.34. The SMILES string of the molecule is COCC1(CNC(=O)c2cc(OC)c(Br)s2)CCNCC1. The van der Waals surface area contributed by atoms with E-state index in [-0.39, 0.29) is 11.3 Å². The van der Waals surface area contributed by atoms with Crippen LogP contribution in [0.2, 0.25) is 0 Å². The number of rotatable bonds is 6. The number of piperidine rings is 1. The first kappa shape index (κ1) is 16.7. The van der Waals surface area contributed by atoms with E-state index in [9.17, 15) is 4.79 Å². The van der Waals surface area contributed by atoms with Crippen molar-refractivity contribution >= 4 is 33.2 Å². The van der Waals surface area contributed by atoms with E-state index in [1.807, 2.05) is 0 Å².